The number of amides is 2. The molecule has 2 amide bonds. The third-order valence-electron chi connectivity index (χ3n) is 3.33. The fourth-order valence-corrected chi connectivity index (χ4v) is 2.21. The molecule has 5 heteroatoms. The predicted molar refractivity (Wildman–Crippen MR) is 89.1 cm³/mol. The van der Waals surface area contributed by atoms with Crippen molar-refractivity contribution in [3.8, 4) is 0 Å². The van der Waals surface area contributed by atoms with E-state index in [-0.39, 0.29) is 11.8 Å². The molecule has 0 fully saturated rings. The number of carbonyl (C=O) groups is 2. The second-order valence-electron chi connectivity index (χ2n) is 5.23. The zero-order valence-corrected chi connectivity index (χ0v) is 13.0. The summed E-state index contributed by atoms with van der Waals surface area (Å²) in [6.07, 6.45) is -0.177. The van der Waals surface area contributed by atoms with Crippen molar-refractivity contribution in [1.82, 2.24) is 5.32 Å². The Morgan fingerprint density at radius 1 is 1.09 bits per heavy atom. The largest absolute Gasteiger partial charge is 0.388 e. The van der Waals surface area contributed by atoms with Crippen LogP contribution in [0.5, 0.6) is 0 Å². The lowest BCUT2D eigenvalue weighted by atomic mass is 10.1. The lowest BCUT2D eigenvalue weighted by molar-refractivity contribution is -0.114. The van der Waals surface area contributed by atoms with E-state index in [4.69, 9.17) is 0 Å². The van der Waals surface area contributed by atoms with Crippen LogP contribution < -0.4 is 10.6 Å². The van der Waals surface area contributed by atoms with E-state index in [1.807, 2.05) is 30.3 Å². The highest BCUT2D eigenvalue weighted by Crippen LogP contribution is 2.15. The second-order valence-corrected chi connectivity index (χ2v) is 5.23. The highest BCUT2D eigenvalue weighted by molar-refractivity contribution is 5.96. The van der Waals surface area contributed by atoms with Gasteiger partial charge in [0, 0.05) is 24.7 Å². The standard InChI is InChI=1S/C18H20N2O3/c1-13(21)20-16-9-5-8-15(12-16)18(23)19-11-10-17(22)14-6-3-2-4-7-14/h2-9,12,17,22H,10-11H2,1H3,(H,19,23)(H,20,21). The summed E-state index contributed by atoms with van der Waals surface area (Å²) in [6, 6.07) is 16.0. The van der Waals surface area contributed by atoms with Crippen LogP contribution in [-0.2, 0) is 4.79 Å². The van der Waals surface area contributed by atoms with Gasteiger partial charge in [-0.05, 0) is 30.2 Å². The zero-order chi connectivity index (χ0) is 16.7. The van der Waals surface area contributed by atoms with Gasteiger partial charge < -0.3 is 15.7 Å². The van der Waals surface area contributed by atoms with E-state index in [0.29, 0.717) is 24.2 Å². The molecule has 0 bridgehead atoms. The number of rotatable bonds is 6. The lowest BCUT2D eigenvalue weighted by Gasteiger charge is -2.12. The molecule has 1 atom stereocenters. The molecule has 0 radical (unpaired) electrons. The molecule has 0 saturated heterocycles. The van der Waals surface area contributed by atoms with E-state index in [9.17, 15) is 14.7 Å². The van der Waals surface area contributed by atoms with E-state index in [0.717, 1.165) is 5.56 Å². The van der Waals surface area contributed by atoms with E-state index in [1.54, 1.807) is 24.3 Å². The molecule has 0 heterocycles. The van der Waals surface area contributed by atoms with Crippen molar-refractivity contribution < 1.29 is 14.7 Å². The van der Waals surface area contributed by atoms with Crippen LogP contribution in [0.1, 0.15) is 35.4 Å². The molecule has 3 N–H and O–H groups in total. The van der Waals surface area contributed by atoms with Crippen LogP contribution in [0.15, 0.2) is 54.6 Å². The summed E-state index contributed by atoms with van der Waals surface area (Å²) in [5.41, 5.74) is 1.87. The number of benzene rings is 2. The number of aliphatic hydroxyl groups excluding tert-OH is 1. The van der Waals surface area contributed by atoms with Gasteiger partial charge in [0.05, 0.1) is 6.10 Å². The Labute approximate surface area is 135 Å². The molecule has 0 aromatic heterocycles. The van der Waals surface area contributed by atoms with Gasteiger partial charge in [-0.1, -0.05) is 36.4 Å². The molecule has 0 aliphatic rings. The van der Waals surface area contributed by atoms with Gasteiger partial charge in [-0.3, -0.25) is 9.59 Å². The lowest BCUT2D eigenvalue weighted by Crippen LogP contribution is -2.25. The molecular weight excluding hydrogens is 292 g/mol. The SMILES string of the molecule is CC(=O)Nc1cccc(C(=O)NCCC(O)c2ccccc2)c1. The monoisotopic (exact) mass is 312 g/mol. The summed E-state index contributed by atoms with van der Waals surface area (Å²) in [6.45, 7) is 1.77. The Bertz CT molecular complexity index is 671. The first-order valence-electron chi connectivity index (χ1n) is 7.45. The van der Waals surface area contributed by atoms with Crippen molar-refractivity contribution in [2.45, 2.75) is 19.4 Å². The van der Waals surface area contributed by atoms with Gasteiger partial charge in [0.25, 0.3) is 5.91 Å². The van der Waals surface area contributed by atoms with Crippen molar-refractivity contribution >= 4 is 17.5 Å². The average Bonchev–Trinajstić information content (AvgIpc) is 2.55. The van der Waals surface area contributed by atoms with Crippen molar-refractivity contribution in [3.05, 3.63) is 65.7 Å². The summed E-state index contributed by atoms with van der Waals surface area (Å²) in [7, 11) is 0. The van der Waals surface area contributed by atoms with Crippen molar-refractivity contribution in [1.29, 1.82) is 0 Å². The van der Waals surface area contributed by atoms with Gasteiger partial charge in [0.2, 0.25) is 5.91 Å². The first kappa shape index (κ1) is 16.7. The Hall–Kier alpha value is -2.66. The molecule has 2 aromatic carbocycles. The van der Waals surface area contributed by atoms with Crippen molar-refractivity contribution in [2.75, 3.05) is 11.9 Å². The van der Waals surface area contributed by atoms with Crippen LogP contribution in [-0.4, -0.2) is 23.5 Å². The minimum absolute atomic E-state index is 0.187. The van der Waals surface area contributed by atoms with E-state index < -0.39 is 6.10 Å². The molecule has 0 aliphatic heterocycles. The van der Waals surface area contributed by atoms with Crippen LogP contribution in [0.4, 0.5) is 5.69 Å². The first-order chi connectivity index (χ1) is 11.1. The maximum Gasteiger partial charge on any atom is 0.251 e. The summed E-state index contributed by atoms with van der Waals surface area (Å²) < 4.78 is 0. The fraction of sp³-hybridized carbons (Fsp3) is 0.222. The van der Waals surface area contributed by atoms with Gasteiger partial charge in [-0.25, -0.2) is 0 Å². The van der Waals surface area contributed by atoms with Gasteiger partial charge in [0.1, 0.15) is 0 Å². The number of aliphatic hydroxyl groups is 1. The predicted octanol–water partition coefficient (Wildman–Crippen LogP) is 2.50. The van der Waals surface area contributed by atoms with Gasteiger partial charge >= 0.3 is 0 Å². The summed E-state index contributed by atoms with van der Waals surface area (Å²) >= 11 is 0. The minimum atomic E-state index is -0.609. The number of nitrogens with one attached hydrogen (secondary N) is 2. The normalized spacial score (nSPS) is 11.6. The molecule has 2 rings (SSSR count). The summed E-state index contributed by atoms with van der Waals surface area (Å²) in [5.74, 6) is -0.425. The molecule has 2 aromatic rings. The maximum atomic E-state index is 12.1. The Balaban J connectivity index is 1.86. The number of anilines is 1. The quantitative estimate of drug-likeness (QED) is 0.767. The Morgan fingerprint density at radius 3 is 2.52 bits per heavy atom. The number of hydrogen-bond donors (Lipinski definition) is 3. The Kier molecular flexibility index (Phi) is 5.88. The van der Waals surface area contributed by atoms with E-state index in [1.165, 1.54) is 6.92 Å². The van der Waals surface area contributed by atoms with E-state index in [2.05, 4.69) is 10.6 Å². The highest BCUT2D eigenvalue weighted by Gasteiger charge is 2.09. The maximum absolute atomic E-state index is 12.1. The molecule has 0 spiro atoms. The third kappa shape index (κ3) is 5.23. The summed E-state index contributed by atoms with van der Waals surface area (Å²) in [5, 5.41) is 15.5. The average molecular weight is 312 g/mol. The highest BCUT2D eigenvalue weighted by atomic mass is 16.3. The smallest absolute Gasteiger partial charge is 0.251 e. The number of hydrogen-bond acceptors (Lipinski definition) is 3. The summed E-state index contributed by atoms with van der Waals surface area (Å²) in [4.78, 5) is 23.1. The molecule has 120 valence electrons. The molecule has 1 unspecified atom stereocenters. The molecule has 0 saturated carbocycles. The van der Waals surface area contributed by atoms with Crippen LogP contribution in [0, 0.1) is 0 Å². The molecule has 23 heavy (non-hydrogen) atoms. The van der Waals surface area contributed by atoms with Gasteiger partial charge in [0.15, 0.2) is 0 Å². The van der Waals surface area contributed by atoms with Crippen LogP contribution >= 0.6 is 0 Å². The second kappa shape index (κ2) is 8.10. The first-order valence-corrected chi connectivity index (χ1v) is 7.45. The molecule has 5 nitrogen and oxygen atoms in total. The number of carbonyl (C=O) groups excluding carboxylic acids is 2. The topological polar surface area (TPSA) is 78.4 Å². The fourth-order valence-electron chi connectivity index (χ4n) is 2.21. The van der Waals surface area contributed by atoms with Crippen LogP contribution in [0.2, 0.25) is 0 Å². The minimum Gasteiger partial charge on any atom is -0.388 e. The molecule has 0 aliphatic carbocycles. The van der Waals surface area contributed by atoms with Crippen LogP contribution in [0.3, 0.4) is 0 Å². The van der Waals surface area contributed by atoms with Crippen molar-refractivity contribution in [3.63, 3.8) is 0 Å². The molecular formula is C18H20N2O3. The zero-order valence-electron chi connectivity index (χ0n) is 13.0. The van der Waals surface area contributed by atoms with Crippen LogP contribution in [0.25, 0.3) is 0 Å². The third-order valence-corrected chi connectivity index (χ3v) is 3.33. The van der Waals surface area contributed by atoms with Crippen molar-refractivity contribution in [2.24, 2.45) is 0 Å². The van der Waals surface area contributed by atoms with Gasteiger partial charge in [-0.2, -0.15) is 0 Å². The van der Waals surface area contributed by atoms with E-state index >= 15 is 0 Å². The van der Waals surface area contributed by atoms with Gasteiger partial charge in [-0.15, -0.1) is 0 Å². The Morgan fingerprint density at radius 2 is 1.83 bits per heavy atom.